The minimum absolute atomic E-state index is 0.335. The molecule has 1 aromatic carbocycles. The lowest BCUT2D eigenvalue weighted by molar-refractivity contribution is -0.0519. The molecule has 1 aliphatic rings. The molecule has 1 aromatic heterocycles. The van der Waals surface area contributed by atoms with Crippen molar-refractivity contribution in [3.05, 3.63) is 51.8 Å². The van der Waals surface area contributed by atoms with Gasteiger partial charge in [-0.1, -0.05) is 31.2 Å². The predicted molar refractivity (Wildman–Crippen MR) is 84.0 cm³/mol. The van der Waals surface area contributed by atoms with E-state index in [1.54, 1.807) is 6.20 Å². The molecule has 2 heterocycles. The number of benzene rings is 1. The summed E-state index contributed by atoms with van der Waals surface area (Å²) in [4.78, 5) is 0. The van der Waals surface area contributed by atoms with Gasteiger partial charge >= 0.3 is 0 Å². The number of nitrogens with zero attached hydrogens (tertiary/aromatic N) is 2. The van der Waals surface area contributed by atoms with Crippen molar-refractivity contribution in [2.24, 2.45) is 0 Å². The predicted octanol–water partition coefficient (Wildman–Crippen LogP) is 3.40. The molecule has 112 valence electrons. The van der Waals surface area contributed by atoms with E-state index in [2.05, 4.69) is 34.0 Å². The fraction of sp³-hybridized carbons (Fsp3) is 0.438. The normalized spacial score (nSPS) is 19.3. The summed E-state index contributed by atoms with van der Waals surface area (Å²) in [6.07, 6.45) is 2.54. The number of hydrogen-bond acceptors (Lipinski definition) is 3. The van der Waals surface area contributed by atoms with Gasteiger partial charge < -0.3 is 9.84 Å². The third-order valence-electron chi connectivity index (χ3n) is 3.87. The Balaban J connectivity index is 1.96. The van der Waals surface area contributed by atoms with Crippen LogP contribution in [0.1, 0.15) is 42.4 Å². The monoisotopic (exact) mass is 350 g/mol. The summed E-state index contributed by atoms with van der Waals surface area (Å²) in [6, 6.07) is 8.17. The molecule has 2 unspecified atom stereocenters. The van der Waals surface area contributed by atoms with Crippen molar-refractivity contribution < 1.29 is 9.84 Å². The first-order valence-electron chi connectivity index (χ1n) is 7.31. The fourth-order valence-electron chi connectivity index (χ4n) is 2.89. The molecule has 4 nitrogen and oxygen atoms in total. The maximum Gasteiger partial charge on any atom is 0.127 e. The maximum atomic E-state index is 10.9. The average Bonchev–Trinajstić information content (AvgIpc) is 2.87. The number of aliphatic hydroxyl groups is 1. The van der Waals surface area contributed by atoms with E-state index < -0.39 is 6.10 Å². The lowest BCUT2D eigenvalue weighted by Crippen LogP contribution is -2.24. The largest absolute Gasteiger partial charge is 0.384 e. The topological polar surface area (TPSA) is 47.3 Å². The Kier molecular flexibility index (Phi) is 4.42. The molecule has 0 amide bonds. The summed E-state index contributed by atoms with van der Waals surface area (Å²) < 4.78 is 8.55. The highest BCUT2D eigenvalue weighted by Gasteiger charge is 2.31. The van der Waals surface area contributed by atoms with Crippen molar-refractivity contribution in [2.45, 2.75) is 38.5 Å². The van der Waals surface area contributed by atoms with Gasteiger partial charge in [0.05, 0.1) is 23.0 Å². The van der Waals surface area contributed by atoms with Gasteiger partial charge in [-0.25, -0.2) is 0 Å². The summed E-state index contributed by atoms with van der Waals surface area (Å²) in [6.45, 7) is 3.52. The Morgan fingerprint density at radius 3 is 3.10 bits per heavy atom. The number of fused-ring (bicyclic) bond motifs is 1. The van der Waals surface area contributed by atoms with Crippen LogP contribution < -0.4 is 0 Å². The van der Waals surface area contributed by atoms with Gasteiger partial charge in [0.25, 0.3) is 0 Å². The molecular formula is C16H19BrN2O2. The second-order valence-electron chi connectivity index (χ2n) is 5.29. The number of ether oxygens (including phenoxy) is 1. The molecule has 1 N–H and O–H groups in total. The summed E-state index contributed by atoms with van der Waals surface area (Å²) in [5, 5.41) is 15.2. The van der Waals surface area contributed by atoms with Crippen LogP contribution in [0.2, 0.25) is 0 Å². The molecule has 21 heavy (non-hydrogen) atoms. The summed E-state index contributed by atoms with van der Waals surface area (Å²) in [5.74, 6) is 0. The Bertz CT molecular complexity index is 626. The Labute approximate surface area is 132 Å². The molecule has 0 saturated carbocycles. The first kappa shape index (κ1) is 14.8. The van der Waals surface area contributed by atoms with E-state index in [9.17, 15) is 5.11 Å². The molecule has 0 spiro atoms. The molecule has 0 bridgehead atoms. The number of halogens is 1. The van der Waals surface area contributed by atoms with Crippen LogP contribution in [-0.2, 0) is 17.7 Å². The summed E-state index contributed by atoms with van der Waals surface area (Å²) in [7, 11) is 0. The standard InChI is InChI=1S/C16H19BrN2O2/c1-2-8-19-14(13(17)10-18-19)15(20)16-12-6-4-3-5-11(12)7-9-21-16/h3-6,10,15-16,20H,2,7-9H2,1H3. The van der Waals surface area contributed by atoms with Gasteiger partial charge in [0.15, 0.2) is 0 Å². The maximum absolute atomic E-state index is 10.9. The highest BCUT2D eigenvalue weighted by Crippen LogP contribution is 2.39. The number of rotatable bonds is 4. The van der Waals surface area contributed by atoms with Crippen LogP contribution in [0.15, 0.2) is 34.9 Å². The van der Waals surface area contributed by atoms with Crippen LogP contribution >= 0.6 is 15.9 Å². The Hall–Kier alpha value is -1.17. The second-order valence-corrected chi connectivity index (χ2v) is 6.14. The average molecular weight is 351 g/mol. The first-order chi connectivity index (χ1) is 10.2. The van der Waals surface area contributed by atoms with Crippen LogP contribution in [0.25, 0.3) is 0 Å². The molecule has 5 heteroatoms. The van der Waals surface area contributed by atoms with Crippen molar-refractivity contribution in [2.75, 3.05) is 6.61 Å². The van der Waals surface area contributed by atoms with Crippen molar-refractivity contribution in [3.8, 4) is 0 Å². The van der Waals surface area contributed by atoms with E-state index in [0.717, 1.165) is 35.1 Å². The summed E-state index contributed by atoms with van der Waals surface area (Å²) in [5.41, 5.74) is 3.12. The molecule has 2 atom stereocenters. The van der Waals surface area contributed by atoms with Gasteiger partial charge in [-0.3, -0.25) is 4.68 Å². The van der Waals surface area contributed by atoms with Gasteiger partial charge in [0.1, 0.15) is 12.2 Å². The number of aryl methyl sites for hydroxylation is 1. The third-order valence-corrected chi connectivity index (χ3v) is 4.48. The Morgan fingerprint density at radius 2 is 2.29 bits per heavy atom. The molecule has 0 fully saturated rings. The van der Waals surface area contributed by atoms with Crippen LogP contribution in [0.5, 0.6) is 0 Å². The quantitative estimate of drug-likeness (QED) is 0.918. The molecule has 0 saturated heterocycles. The van der Waals surface area contributed by atoms with Gasteiger partial charge in [0.2, 0.25) is 0 Å². The second kappa shape index (κ2) is 6.30. The van der Waals surface area contributed by atoms with Crippen LogP contribution in [0.4, 0.5) is 0 Å². The van der Waals surface area contributed by atoms with Crippen LogP contribution in [0.3, 0.4) is 0 Å². The minimum Gasteiger partial charge on any atom is -0.384 e. The fourth-order valence-corrected chi connectivity index (χ4v) is 3.42. The molecule has 0 aliphatic carbocycles. The summed E-state index contributed by atoms with van der Waals surface area (Å²) >= 11 is 3.50. The van der Waals surface area contributed by atoms with Crippen molar-refractivity contribution >= 4 is 15.9 Å². The molecule has 0 radical (unpaired) electrons. The lowest BCUT2D eigenvalue weighted by atomic mass is 9.93. The number of aliphatic hydroxyl groups excluding tert-OH is 1. The van der Waals surface area contributed by atoms with Crippen molar-refractivity contribution in [1.82, 2.24) is 9.78 Å². The van der Waals surface area contributed by atoms with E-state index in [1.807, 2.05) is 22.9 Å². The smallest absolute Gasteiger partial charge is 0.127 e. The van der Waals surface area contributed by atoms with Gasteiger partial charge in [-0.15, -0.1) is 0 Å². The van der Waals surface area contributed by atoms with Crippen molar-refractivity contribution in [3.63, 3.8) is 0 Å². The van der Waals surface area contributed by atoms with Gasteiger partial charge in [-0.2, -0.15) is 5.10 Å². The zero-order chi connectivity index (χ0) is 14.8. The molecule has 1 aliphatic heterocycles. The van der Waals surface area contributed by atoms with E-state index in [1.165, 1.54) is 5.56 Å². The van der Waals surface area contributed by atoms with E-state index in [0.29, 0.717) is 6.61 Å². The van der Waals surface area contributed by atoms with Crippen molar-refractivity contribution in [1.29, 1.82) is 0 Å². The zero-order valence-electron chi connectivity index (χ0n) is 12.0. The lowest BCUT2D eigenvalue weighted by Gasteiger charge is -2.30. The highest BCUT2D eigenvalue weighted by atomic mass is 79.9. The van der Waals surface area contributed by atoms with Gasteiger partial charge in [0, 0.05) is 6.54 Å². The minimum atomic E-state index is -0.727. The zero-order valence-corrected chi connectivity index (χ0v) is 13.6. The molecular weight excluding hydrogens is 332 g/mol. The molecule has 2 aromatic rings. The van der Waals surface area contributed by atoms with Crippen LogP contribution in [0, 0.1) is 0 Å². The molecule has 3 rings (SSSR count). The number of aromatic nitrogens is 2. The van der Waals surface area contributed by atoms with Crippen LogP contribution in [-0.4, -0.2) is 21.5 Å². The van der Waals surface area contributed by atoms with E-state index >= 15 is 0 Å². The SMILES string of the molecule is CCCn1ncc(Br)c1C(O)C1OCCc2ccccc21. The van der Waals surface area contributed by atoms with E-state index in [4.69, 9.17) is 4.74 Å². The first-order valence-corrected chi connectivity index (χ1v) is 8.10. The highest BCUT2D eigenvalue weighted by molar-refractivity contribution is 9.10. The van der Waals surface area contributed by atoms with E-state index in [-0.39, 0.29) is 6.10 Å². The third kappa shape index (κ3) is 2.78. The van der Waals surface area contributed by atoms with Gasteiger partial charge in [-0.05, 0) is 39.9 Å². The Morgan fingerprint density at radius 1 is 1.48 bits per heavy atom. The number of hydrogen-bond donors (Lipinski definition) is 1.